The van der Waals surface area contributed by atoms with E-state index in [0.29, 0.717) is 30.3 Å². The number of ether oxygens (including phenoxy) is 2. The summed E-state index contributed by atoms with van der Waals surface area (Å²) in [5.74, 6) is 0.646. The average Bonchev–Trinajstić information content (AvgIpc) is 2.77. The number of nitrogens with zero attached hydrogens (tertiary/aromatic N) is 2. The zero-order valence-corrected chi connectivity index (χ0v) is 18.7. The molecule has 1 aromatic heterocycles. The highest BCUT2D eigenvalue weighted by Gasteiger charge is 2.10. The number of carbonyl (C=O) groups excluding carboxylic acids is 1. The molecule has 166 valence electrons. The van der Waals surface area contributed by atoms with E-state index in [1.807, 2.05) is 19.1 Å². The van der Waals surface area contributed by atoms with Gasteiger partial charge in [-0.25, -0.2) is 5.43 Å². The van der Waals surface area contributed by atoms with Crippen LogP contribution >= 0.6 is 0 Å². The van der Waals surface area contributed by atoms with E-state index in [-0.39, 0.29) is 11.1 Å². The maximum absolute atomic E-state index is 12.2. The van der Waals surface area contributed by atoms with E-state index < -0.39 is 5.91 Å². The molecule has 0 fully saturated rings. The van der Waals surface area contributed by atoms with Gasteiger partial charge in [-0.3, -0.25) is 9.59 Å². The molecule has 0 aliphatic carbocycles. The van der Waals surface area contributed by atoms with Gasteiger partial charge in [0.05, 0.1) is 12.8 Å². The van der Waals surface area contributed by atoms with Gasteiger partial charge in [0.15, 0.2) is 11.5 Å². The summed E-state index contributed by atoms with van der Waals surface area (Å²) in [6, 6.07) is 14.8. The number of benzene rings is 2. The van der Waals surface area contributed by atoms with Crippen molar-refractivity contribution in [2.75, 3.05) is 6.61 Å². The first-order valence-corrected chi connectivity index (χ1v) is 10.3. The highest BCUT2D eigenvalue weighted by atomic mass is 16.5. The predicted molar refractivity (Wildman–Crippen MR) is 125 cm³/mol. The Morgan fingerprint density at radius 2 is 1.91 bits per heavy atom. The van der Waals surface area contributed by atoms with Crippen molar-refractivity contribution in [1.82, 2.24) is 9.99 Å². The third-order valence-corrected chi connectivity index (χ3v) is 4.90. The number of nitrogens with one attached hydrogen (secondary N) is 1. The van der Waals surface area contributed by atoms with E-state index in [9.17, 15) is 9.59 Å². The Morgan fingerprint density at radius 3 is 2.69 bits per heavy atom. The van der Waals surface area contributed by atoms with Crippen molar-refractivity contribution in [3.05, 3.63) is 92.9 Å². The molecule has 0 saturated heterocycles. The Bertz CT molecular complexity index is 1200. The molecule has 0 radical (unpaired) electrons. The number of hydrogen-bond donors (Lipinski definition) is 1. The molecule has 1 heterocycles. The molecule has 0 bridgehead atoms. The van der Waals surface area contributed by atoms with E-state index >= 15 is 0 Å². The number of hydrazone groups is 1. The van der Waals surface area contributed by atoms with Gasteiger partial charge in [0, 0.05) is 13.2 Å². The normalized spacial score (nSPS) is 10.9. The summed E-state index contributed by atoms with van der Waals surface area (Å²) >= 11 is 0. The minimum Gasteiger partial charge on any atom is -0.490 e. The smallest absolute Gasteiger partial charge is 0.276 e. The summed E-state index contributed by atoms with van der Waals surface area (Å²) in [6.07, 6.45) is 3.07. The molecule has 7 heteroatoms. The molecule has 0 unspecified atom stereocenters. The lowest BCUT2D eigenvalue weighted by Crippen LogP contribution is -2.29. The van der Waals surface area contributed by atoms with Crippen LogP contribution in [0.15, 0.2) is 64.6 Å². The Balaban J connectivity index is 1.70. The molecule has 0 spiro atoms. The lowest BCUT2D eigenvalue weighted by atomic mass is 10.1. The second-order valence-corrected chi connectivity index (χ2v) is 7.39. The molecule has 0 saturated carbocycles. The van der Waals surface area contributed by atoms with E-state index in [4.69, 9.17) is 9.47 Å². The lowest BCUT2D eigenvalue weighted by molar-refractivity contribution is 0.0953. The number of amides is 1. The van der Waals surface area contributed by atoms with Crippen LogP contribution in [0.4, 0.5) is 0 Å². The molecular formula is C25H27N3O4. The van der Waals surface area contributed by atoms with Gasteiger partial charge in [0.1, 0.15) is 12.2 Å². The second-order valence-electron chi connectivity index (χ2n) is 7.39. The quantitative estimate of drug-likeness (QED) is 0.433. The highest BCUT2D eigenvalue weighted by Crippen LogP contribution is 2.29. The number of carbonyl (C=O) groups is 1. The van der Waals surface area contributed by atoms with Crippen molar-refractivity contribution in [3.8, 4) is 11.5 Å². The zero-order chi connectivity index (χ0) is 23.1. The summed E-state index contributed by atoms with van der Waals surface area (Å²) in [4.78, 5) is 24.2. The molecule has 0 atom stereocenters. The summed E-state index contributed by atoms with van der Waals surface area (Å²) in [7, 11) is 1.58. The first kappa shape index (κ1) is 22.8. The van der Waals surface area contributed by atoms with Crippen LogP contribution in [0.2, 0.25) is 0 Å². The van der Waals surface area contributed by atoms with Gasteiger partial charge in [0.2, 0.25) is 0 Å². The molecule has 2 aromatic carbocycles. The van der Waals surface area contributed by atoms with Crippen LogP contribution in [-0.2, 0) is 13.7 Å². The molecule has 3 rings (SSSR count). The fourth-order valence-corrected chi connectivity index (χ4v) is 3.10. The van der Waals surface area contributed by atoms with Crippen molar-refractivity contribution >= 4 is 12.1 Å². The number of aryl methyl sites for hydroxylation is 3. The fourth-order valence-electron chi connectivity index (χ4n) is 3.10. The number of aromatic nitrogens is 1. The van der Waals surface area contributed by atoms with Crippen molar-refractivity contribution in [3.63, 3.8) is 0 Å². The SMILES string of the molecule is CCOc1cc(/C=N\NC(=O)c2cccn(C)c2=O)ccc1OCc1cc(C)ccc1C. The third-order valence-electron chi connectivity index (χ3n) is 4.90. The Morgan fingerprint density at radius 1 is 1.09 bits per heavy atom. The standard InChI is InChI=1S/C25H27N3O4/c1-5-31-23-14-19(15-26-27-24(29)21-7-6-12-28(4)25(21)30)10-11-22(23)32-16-20-13-17(2)8-9-18(20)3/h6-15H,5,16H2,1-4H3,(H,27,29)/b26-15-. The summed E-state index contributed by atoms with van der Waals surface area (Å²) < 4.78 is 13.1. The minimum absolute atomic E-state index is 0.0253. The summed E-state index contributed by atoms with van der Waals surface area (Å²) in [5.41, 5.74) is 6.21. The van der Waals surface area contributed by atoms with Crippen molar-refractivity contribution in [1.29, 1.82) is 0 Å². The first-order chi connectivity index (χ1) is 15.4. The number of hydrogen-bond acceptors (Lipinski definition) is 5. The Hall–Kier alpha value is -3.87. The maximum atomic E-state index is 12.2. The molecule has 0 aliphatic rings. The van der Waals surface area contributed by atoms with E-state index in [2.05, 4.69) is 42.6 Å². The van der Waals surface area contributed by atoms with Gasteiger partial charge >= 0.3 is 0 Å². The average molecular weight is 434 g/mol. The van der Waals surface area contributed by atoms with Crippen molar-refractivity contribution < 1.29 is 14.3 Å². The van der Waals surface area contributed by atoms with Gasteiger partial charge in [-0.15, -0.1) is 0 Å². The van der Waals surface area contributed by atoms with E-state index in [0.717, 1.165) is 5.56 Å². The van der Waals surface area contributed by atoms with Crippen LogP contribution in [0.5, 0.6) is 11.5 Å². The molecule has 7 nitrogen and oxygen atoms in total. The fraction of sp³-hybridized carbons (Fsp3) is 0.240. The van der Waals surface area contributed by atoms with Gasteiger partial charge in [-0.1, -0.05) is 23.8 Å². The second kappa shape index (κ2) is 10.4. The van der Waals surface area contributed by atoms with Gasteiger partial charge in [-0.05, 0) is 67.8 Å². The largest absolute Gasteiger partial charge is 0.490 e. The van der Waals surface area contributed by atoms with Crippen molar-refractivity contribution in [2.45, 2.75) is 27.4 Å². The Labute approximate surface area is 187 Å². The molecule has 0 aliphatic heterocycles. The Kier molecular flexibility index (Phi) is 7.44. The molecule has 1 amide bonds. The number of pyridine rings is 1. The van der Waals surface area contributed by atoms with Crippen LogP contribution in [0.1, 0.15) is 39.5 Å². The van der Waals surface area contributed by atoms with E-state index in [1.165, 1.54) is 28.0 Å². The monoisotopic (exact) mass is 433 g/mol. The predicted octanol–water partition coefficient (Wildman–Crippen LogP) is 3.74. The first-order valence-electron chi connectivity index (χ1n) is 10.3. The van der Waals surface area contributed by atoms with Gasteiger partial charge < -0.3 is 14.0 Å². The van der Waals surface area contributed by atoms with Crippen molar-refractivity contribution in [2.24, 2.45) is 12.1 Å². The van der Waals surface area contributed by atoms with Crippen LogP contribution in [0.25, 0.3) is 0 Å². The summed E-state index contributed by atoms with van der Waals surface area (Å²) in [5, 5.41) is 3.97. The van der Waals surface area contributed by atoms with Gasteiger partial charge in [-0.2, -0.15) is 5.10 Å². The van der Waals surface area contributed by atoms with Crippen LogP contribution < -0.4 is 20.5 Å². The van der Waals surface area contributed by atoms with E-state index in [1.54, 1.807) is 25.4 Å². The van der Waals surface area contributed by atoms with Crippen LogP contribution in [0, 0.1) is 13.8 Å². The molecule has 1 N–H and O–H groups in total. The molecule has 3 aromatic rings. The van der Waals surface area contributed by atoms with Gasteiger partial charge in [0.25, 0.3) is 11.5 Å². The van der Waals surface area contributed by atoms with Crippen LogP contribution in [0.3, 0.4) is 0 Å². The third kappa shape index (κ3) is 5.63. The maximum Gasteiger partial charge on any atom is 0.276 e. The van der Waals surface area contributed by atoms with Crippen LogP contribution in [-0.4, -0.2) is 23.3 Å². The summed E-state index contributed by atoms with van der Waals surface area (Å²) in [6.45, 7) is 6.92. The molecule has 32 heavy (non-hydrogen) atoms. The minimum atomic E-state index is -0.569. The topological polar surface area (TPSA) is 81.9 Å². The number of rotatable bonds is 8. The highest BCUT2D eigenvalue weighted by molar-refractivity contribution is 5.94. The molecular weight excluding hydrogens is 406 g/mol. The lowest BCUT2D eigenvalue weighted by Gasteiger charge is -2.14. The zero-order valence-electron chi connectivity index (χ0n) is 18.7.